The van der Waals surface area contributed by atoms with Gasteiger partial charge in [0.1, 0.15) is 5.82 Å². The van der Waals surface area contributed by atoms with Gasteiger partial charge in [-0.05, 0) is 42.5 Å². The molecule has 0 aliphatic rings. The van der Waals surface area contributed by atoms with E-state index in [2.05, 4.69) is 4.72 Å². The highest BCUT2D eigenvalue weighted by Crippen LogP contribution is 2.22. The van der Waals surface area contributed by atoms with E-state index >= 15 is 0 Å². The summed E-state index contributed by atoms with van der Waals surface area (Å²) in [5.74, 6) is 0.107. The first-order valence-electron chi connectivity index (χ1n) is 6.08. The molecule has 0 saturated carbocycles. The molecule has 0 aliphatic carbocycles. The SMILES string of the molecule is CC(C)(CCCCl)CNS(=O)(=O)c1ccc(F)cc1. The summed E-state index contributed by atoms with van der Waals surface area (Å²) in [7, 11) is -3.58. The van der Waals surface area contributed by atoms with Gasteiger partial charge >= 0.3 is 0 Å². The fraction of sp³-hybridized carbons (Fsp3) is 0.538. The lowest BCUT2D eigenvalue weighted by molar-refractivity contribution is 0.331. The summed E-state index contributed by atoms with van der Waals surface area (Å²) in [4.78, 5) is 0.0713. The minimum absolute atomic E-state index is 0.0713. The van der Waals surface area contributed by atoms with E-state index in [-0.39, 0.29) is 10.3 Å². The lowest BCUT2D eigenvalue weighted by Gasteiger charge is -2.24. The highest BCUT2D eigenvalue weighted by atomic mass is 35.5. The summed E-state index contributed by atoms with van der Waals surface area (Å²) in [6.45, 7) is 4.28. The van der Waals surface area contributed by atoms with Crippen LogP contribution >= 0.6 is 11.6 Å². The van der Waals surface area contributed by atoms with E-state index in [4.69, 9.17) is 11.6 Å². The predicted octanol–water partition coefficient (Wildman–Crippen LogP) is 3.15. The molecule has 1 rings (SSSR count). The van der Waals surface area contributed by atoms with Crippen molar-refractivity contribution in [2.24, 2.45) is 5.41 Å². The van der Waals surface area contributed by atoms with Crippen molar-refractivity contribution in [3.8, 4) is 0 Å². The Hall–Kier alpha value is -0.650. The molecule has 0 amide bonds. The number of rotatable bonds is 7. The van der Waals surface area contributed by atoms with Crippen LogP contribution in [-0.2, 0) is 10.0 Å². The summed E-state index contributed by atoms with van der Waals surface area (Å²) in [5.41, 5.74) is -0.165. The van der Waals surface area contributed by atoms with Crippen molar-refractivity contribution in [3.05, 3.63) is 30.1 Å². The van der Waals surface area contributed by atoms with Crippen molar-refractivity contribution in [2.75, 3.05) is 12.4 Å². The standard InChI is InChI=1S/C13H19ClFNO2S/c1-13(2,8-3-9-14)10-16-19(17,18)12-6-4-11(15)5-7-12/h4-7,16H,3,8-10H2,1-2H3. The summed E-state index contributed by atoms with van der Waals surface area (Å²) in [6.07, 6.45) is 1.68. The van der Waals surface area contributed by atoms with E-state index < -0.39 is 15.8 Å². The van der Waals surface area contributed by atoms with Crippen LogP contribution in [0, 0.1) is 11.2 Å². The Labute approximate surface area is 119 Å². The number of benzene rings is 1. The van der Waals surface area contributed by atoms with Crippen LogP contribution in [0.1, 0.15) is 26.7 Å². The third-order valence-corrected chi connectivity index (χ3v) is 4.54. The first-order valence-corrected chi connectivity index (χ1v) is 8.10. The molecule has 0 unspecified atom stereocenters. The minimum atomic E-state index is -3.58. The fourth-order valence-electron chi connectivity index (χ4n) is 1.62. The van der Waals surface area contributed by atoms with Crippen LogP contribution in [0.4, 0.5) is 4.39 Å². The van der Waals surface area contributed by atoms with Crippen LogP contribution < -0.4 is 4.72 Å². The molecule has 0 saturated heterocycles. The van der Waals surface area contributed by atoms with Gasteiger partial charge in [-0.1, -0.05) is 13.8 Å². The van der Waals surface area contributed by atoms with Gasteiger partial charge in [-0.15, -0.1) is 11.6 Å². The molecular weight excluding hydrogens is 289 g/mol. The maximum atomic E-state index is 12.8. The second-order valence-electron chi connectivity index (χ2n) is 5.24. The molecule has 0 aliphatic heterocycles. The van der Waals surface area contributed by atoms with Gasteiger partial charge in [0.2, 0.25) is 10.0 Å². The highest BCUT2D eigenvalue weighted by Gasteiger charge is 2.21. The topological polar surface area (TPSA) is 46.2 Å². The molecule has 108 valence electrons. The van der Waals surface area contributed by atoms with Crippen LogP contribution in [0.25, 0.3) is 0 Å². The molecule has 1 N–H and O–H groups in total. The molecule has 0 fully saturated rings. The Morgan fingerprint density at radius 3 is 2.37 bits per heavy atom. The van der Waals surface area contributed by atoms with Gasteiger partial charge in [0.15, 0.2) is 0 Å². The average Bonchev–Trinajstić information content (AvgIpc) is 2.35. The van der Waals surface area contributed by atoms with E-state index in [1.54, 1.807) is 0 Å². The number of nitrogens with one attached hydrogen (secondary N) is 1. The van der Waals surface area contributed by atoms with Crippen molar-refractivity contribution in [2.45, 2.75) is 31.6 Å². The predicted molar refractivity (Wildman–Crippen MR) is 75.3 cm³/mol. The number of sulfonamides is 1. The van der Waals surface area contributed by atoms with Crippen LogP contribution in [0.2, 0.25) is 0 Å². The molecule has 0 atom stereocenters. The molecule has 19 heavy (non-hydrogen) atoms. The molecule has 1 aromatic rings. The Kier molecular flexibility index (Phi) is 5.77. The molecule has 3 nitrogen and oxygen atoms in total. The van der Waals surface area contributed by atoms with E-state index in [9.17, 15) is 12.8 Å². The Bertz CT molecular complexity index is 500. The molecule has 0 aromatic heterocycles. The van der Waals surface area contributed by atoms with Gasteiger partial charge in [-0.3, -0.25) is 0 Å². The zero-order chi connectivity index (χ0) is 14.5. The Morgan fingerprint density at radius 2 is 1.84 bits per heavy atom. The summed E-state index contributed by atoms with van der Waals surface area (Å²) < 4.78 is 39.3. The third kappa shape index (κ3) is 5.47. The zero-order valence-electron chi connectivity index (χ0n) is 11.1. The van der Waals surface area contributed by atoms with Crippen molar-refractivity contribution >= 4 is 21.6 Å². The fourth-order valence-corrected chi connectivity index (χ4v) is 3.00. The van der Waals surface area contributed by atoms with Crippen LogP contribution in [0.5, 0.6) is 0 Å². The second kappa shape index (κ2) is 6.68. The first-order chi connectivity index (χ1) is 8.77. The van der Waals surface area contributed by atoms with Crippen LogP contribution in [0.15, 0.2) is 29.2 Å². The van der Waals surface area contributed by atoms with E-state index in [1.165, 1.54) is 12.1 Å². The van der Waals surface area contributed by atoms with Crippen LogP contribution in [-0.4, -0.2) is 20.8 Å². The largest absolute Gasteiger partial charge is 0.240 e. The second-order valence-corrected chi connectivity index (χ2v) is 7.38. The van der Waals surface area contributed by atoms with Gasteiger partial charge in [0.25, 0.3) is 0 Å². The number of halogens is 2. The molecular formula is C13H19ClFNO2S. The van der Waals surface area contributed by atoms with Crippen molar-refractivity contribution in [1.82, 2.24) is 4.72 Å². The van der Waals surface area contributed by atoms with Gasteiger partial charge in [0, 0.05) is 12.4 Å². The quantitative estimate of drug-likeness (QED) is 0.787. The third-order valence-electron chi connectivity index (χ3n) is 2.85. The summed E-state index contributed by atoms with van der Waals surface area (Å²) in [5, 5.41) is 0. The minimum Gasteiger partial charge on any atom is -0.211 e. The lowest BCUT2D eigenvalue weighted by Crippen LogP contribution is -2.34. The maximum absolute atomic E-state index is 12.8. The number of alkyl halides is 1. The summed E-state index contributed by atoms with van der Waals surface area (Å²) in [6, 6.07) is 4.77. The van der Waals surface area contributed by atoms with Crippen molar-refractivity contribution in [3.63, 3.8) is 0 Å². The lowest BCUT2D eigenvalue weighted by atomic mass is 9.88. The van der Waals surface area contributed by atoms with Gasteiger partial charge in [-0.2, -0.15) is 0 Å². The van der Waals surface area contributed by atoms with Gasteiger partial charge in [0.05, 0.1) is 4.90 Å². The Morgan fingerprint density at radius 1 is 1.26 bits per heavy atom. The summed E-state index contributed by atoms with van der Waals surface area (Å²) >= 11 is 5.63. The Balaban J connectivity index is 2.68. The van der Waals surface area contributed by atoms with E-state index in [1.807, 2.05) is 13.8 Å². The molecule has 1 aromatic carbocycles. The maximum Gasteiger partial charge on any atom is 0.240 e. The first kappa shape index (κ1) is 16.4. The van der Waals surface area contributed by atoms with Crippen molar-refractivity contribution < 1.29 is 12.8 Å². The molecule has 0 radical (unpaired) electrons. The molecule has 0 spiro atoms. The van der Waals surface area contributed by atoms with E-state index in [0.717, 1.165) is 25.0 Å². The van der Waals surface area contributed by atoms with Gasteiger partial charge < -0.3 is 0 Å². The van der Waals surface area contributed by atoms with Gasteiger partial charge in [-0.25, -0.2) is 17.5 Å². The van der Waals surface area contributed by atoms with E-state index in [0.29, 0.717) is 12.4 Å². The number of hydrogen-bond donors (Lipinski definition) is 1. The zero-order valence-corrected chi connectivity index (χ0v) is 12.7. The van der Waals surface area contributed by atoms with Crippen LogP contribution in [0.3, 0.4) is 0 Å². The average molecular weight is 308 g/mol. The molecule has 0 heterocycles. The molecule has 0 bridgehead atoms. The number of hydrogen-bond acceptors (Lipinski definition) is 2. The molecule has 6 heteroatoms. The normalized spacial score (nSPS) is 12.6. The highest BCUT2D eigenvalue weighted by molar-refractivity contribution is 7.89. The van der Waals surface area contributed by atoms with Crippen molar-refractivity contribution in [1.29, 1.82) is 0 Å². The smallest absolute Gasteiger partial charge is 0.211 e. The monoisotopic (exact) mass is 307 g/mol.